The van der Waals surface area contributed by atoms with Crippen LogP contribution in [0.15, 0.2) is 36.5 Å². The van der Waals surface area contributed by atoms with Crippen LogP contribution in [0.5, 0.6) is 0 Å². The van der Waals surface area contributed by atoms with E-state index in [1.54, 1.807) is 12.3 Å². The van der Waals surface area contributed by atoms with Crippen molar-refractivity contribution in [2.24, 2.45) is 5.73 Å². The normalized spacial score (nSPS) is 23.9. The molecular weight excluding hydrogens is 243 g/mol. The minimum absolute atomic E-state index is 0.0279. The van der Waals surface area contributed by atoms with Gasteiger partial charge in [-0.1, -0.05) is 18.2 Å². The molecule has 2 atom stereocenters. The van der Waals surface area contributed by atoms with Crippen molar-refractivity contribution < 1.29 is 4.39 Å². The molecule has 2 aromatic rings. The standard InChI is InChI=1S/C14H17FN4/c15-13-4-2-1-3-11(13)12-8-19(9-14(12)16)7-10-5-6-17-18-10/h1-6,12,14H,7-9,16H2,(H,17,18)/t12-,14+/m1/s1. The second-order valence-electron chi connectivity index (χ2n) is 5.07. The van der Waals surface area contributed by atoms with Gasteiger partial charge >= 0.3 is 0 Å². The third kappa shape index (κ3) is 2.52. The number of nitrogens with two attached hydrogens (primary N) is 1. The molecule has 0 amide bonds. The first-order chi connectivity index (χ1) is 9.24. The second kappa shape index (κ2) is 5.11. The zero-order valence-corrected chi connectivity index (χ0v) is 10.6. The van der Waals surface area contributed by atoms with Gasteiger partial charge in [0.25, 0.3) is 0 Å². The summed E-state index contributed by atoms with van der Waals surface area (Å²) in [7, 11) is 0. The Kier molecular flexibility index (Phi) is 3.31. The first-order valence-electron chi connectivity index (χ1n) is 6.44. The molecule has 4 nitrogen and oxygen atoms in total. The number of aromatic amines is 1. The molecule has 0 bridgehead atoms. The predicted octanol–water partition coefficient (Wildman–Crippen LogP) is 1.48. The average molecular weight is 260 g/mol. The number of hydrogen-bond donors (Lipinski definition) is 2. The van der Waals surface area contributed by atoms with Crippen molar-refractivity contribution >= 4 is 0 Å². The molecule has 2 heterocycles. The van der Waals surface area contributed by atoms with E-state index in [-0.39, 0.29) is 17.8 Å². The highest BCUT2D eigenvalue weighted by atomic mass is 19.1. The van der Waals surface area contributed by atoms with Crippen molar-refractivity contribution in [3.05, 3.63) is 53.6 Å². The predicted molar refractivity (Wildman–Crippen MR) is 71.0 cm³/mol. The van der Waals surface area contributed by atoms with Gasteiger partial charge in [0.1, 0.15) is 5.82 Å². The molecular formula is C14H17FN4. The van der Waals surface area contributed by atoms with Crippen LogP contribution in [0.4, 0.5) is 4.39 Å². The lowest BCUT2D eigenvalue weighted by Gasteiger charge is -2.15. The van der Waals surface area contributed by atoms with E-state index in [1.165, 1.54) is 6.07 Å². The van der Waals surface area contributed by atoms with Crippen molar-refractivity contribution in [3.63, 3.8) is 0 Å². The monoisotopic (exact) mass is 260 g/mol. The quantitative estimate of drug-likeness (QED) is 0.878. The molecule has 1 fully saturated rings. The molecule has 0 radical (unpaired) electrons. The molecule has 100 valence electrons. The van der Waals surface area contributed by atoms with E-state index < -0.39 is 0 Å². The van der Waals surface area contributed by atoms with Crippen LogP contribution in [0.3, 0.4) is 0 Å². The van der Waals surface area contributed by atoms with Crippen molar-refractivity contribution in [1.82, 2.24) is 15.1 Å². The number of benzene rings is 1. The lowest BCUT2D eigenvalue weighted by molar-refractivity contribution is 0.319. The fraction of sp³-hybridized carbons (Fsp3) is 0.357. The summed E-state index contributed by atoms with van der Waals surface area (Å²) in [5, 5.41) is 6.87. The Balaban J connectivity index is 1.73. The second-order valence-corrected chi connectivity index (χ2v) is 5.07. The van der Waals surface area contributed by atoms with Crippen molar-refractivity contribution in [2.45, 2.75) is 18.5 Å². The van der Waals surface area contributed by atoms with Gasteiger partial charge in [0.15, 0.2) is 0 Å². The Bertz CT molecular complexity index is 540. The zero-order valence-electron chi connectivity index (χ0n) is 10.6. The van der Waals surface area contributed by atoms with Crippen LogP contribution >= 0.6 is 0 Å². The number of nitrogens with zero attached hydrogens (tertiary/aromatic N) is 2. The van der Waals surface area contributed by atoms with Gasteiger partial charge in [-0.05, 0) is 17.7 Å². The summed E-state index contributed by atoms with van der Waals surface area (Å²) in [6.07, 6.45) is 1.74. The van der Waals surface area contributed by atoms with Crippen LogP contribution in [0.1, 0.15) is 17.2 Å². The first kappa shape index (κ1) is 12.3. The highest BCUT2D eigenvalue weighted by molar-refractivity contribution is 5.25. The minimum Gasteiger partial charge on any atom is -0.326 e. The van der Waals surface area contributed by atoms with E-state index in [9.17, 15) is 4.39 Å². The largest absolute Gasteiger partial charge is 0.326 e. The topological polar surface area (TPSA) is 57.9 Å². The van der Waals surface area contributed by atoms with E-state index in [0.717, 1.165) is 30.9 Å². The summed E-state index contributed by atoms with van der Waals surface area (Å²) >= 11 is 0. The van der Waals surface area contributed by atoms with E-state index in [4.69, 9.17) is 5.73 Å². The van der Waals surface area contributed by atoms with E-state index >= 15 is 0 Å². The molecule has 3 N–H and O–H groups in total. The first-order valence-corrected chi connectivity index (χ1v) is 6.44. The number of aromatic nitrogens is 2. The van der Waals surface area contributed by atoms with Crippen molar-refractivity contribution in [2.75, 3.05) is 13.1 Å². The van der Waals surface area contributed by atoms with E-state index in [2.05, 4.69) is 15.1 Å². The van der Waals surface area contributed by atoms with Crippen LogP contribution in [0.25, 0.3) is 0 Å². The summed E-state index contributed by atoms with van der Waals surface area (Å²) < 4.78 is 13.8. The van der Waals surface area contributed by atoms with Gasteiger partial charge < -0.3 is 5.73 Å². The number of rotatable bonds is 3. The van der Waals surface area contributed by atoms with Gasteiger partial charge in [-0.25, -0.2) is 4.39 Å². The Morgan fingerprint density at radius 1 is 1.32 bits per heavy atom. The number of halogens is 1. The number of hydrogen-bond acceptors (Lipinski definition) is 3. The molecule has 0 saturated carbocycles. The van der Waals surface area contributed by atoms with Gasteiger partial charge in [-0.15, -0.1) is 0 Å². The minimum atomic E-state index is -0.161. The SMILES string of the molecule is N[C@H]1CN(Cc2ccn[nH]2)C[C@@H]1c1ccccc1F. The van der Waals surface area contributed by atoms with Crippen LogP contribution in [0.2, 0.25) is 0 Å². The molecule has 0 unspecified atom stereocenters. The summed E-state index contributed by atoms with van der Waals surface area (Å²) in [5.41, 5.74) is 7.95. The van der Waals surface area contributed by atoms with E-state index in [0.29, 0.717) is 0 Å². The van der Waals surface area contributed by atoms with Gasteiger partial charge in [0, 0.05) is 43.5 Å². The van der Waals surface area contributed by atoms with Gasteiger partial charge in [-0.2, -0.15) is 5.10 Å². The Morgan fingerprint density at radius 3 is 2.89 bits per heavy atom. The molecule has 0 spiro atoms. The highest BCUT2D eigenvalue weighted by Gasteiger charge is 2.32. The van der Waals surface area contributed by atoms with Crippen LogP contribution in [-0.2, 0) is 6.54 Å². The van der Waals surface area contributed by atoms with Gasteiger partial charge in [0.2, 0.25) is 0 Å². The Labute approximate surface area is 111 Å². The highest BCUT2D eigenvalue weighted by Crippen LogP contribution is 2.28. The number of H-pyrrole nitrogens is 1. The van der Waals surface area contributed by atoms with Crippen molar-refractivity contribution in [1.29, 1.82) is 0 Å². The molecule has 0 aliphatic carbocycles. The summed E-state index contributed by atoms with van der Waals surface area (Å²) in [5.74, 6) is -0.101. The zero-order chi connectivity index (χ0) is 13.2. The number of likely N-dealkylation sites (tertiary alicyclic amines) is 1. The molecule has 1 aromatic carbocycles. The maximum atomic E-state index is 13.8. The summed E-state index contributed by atoms with van der Waals surface area (Å²) in [4.78, 5) is 2.23. The van der Waals surface area contributed by atoms with Gasteiger partial charge in [-0.3, -0.25) is 10.00 Å². The van der Waals surface area contributed by atoms with E-state index in [1.807, 2.05) is 18.2 Å². The fourth-order valence-corrected chi connectivity index (χ4v) is 2.76. The lowest BCUT2D eigenvalue weighted by atomic mass is 9.94. The maximum Gasteiger partial charge on any atom is 0.126 e. The molecule has 3 rings (SSSR count). The summed E-state index contributed by atoms with van der Waals surface area (Å²) in [6, 6.07) is 8.82. The maximum absolute atomic E-state index is 13.8. The molecule has 1 saturated heterocycles. The molecule has 5 heteroatoms. The Hall–Kier alpha value is -1.72. The third-order valence-electron chi connectivity index (χ3n) is 3.70. The molecule has 1 aliphatic heterocycles. The molecule has 1 aromatic heterocycles. The molecule has 19 heavy (non-hydrogen) atoms. The third-order valence-corrected chi connectivity index (χ3v) is 3.70. The Morgan fingerprint density at radius 2 is 2.16 bits per heavy atom. The van der Waals surface area contributed by atoms with Crippen LogP contribution < -0.4 is 5.73 Å². The van der Waals surface area contributed by atoms with Gasteiger partial charge in [0.05, 0.1) is 0 Å². The lowest BCUT2D eigenvalue weighted by Crippen LogP contribution is -2.29. The summed E-state index contributed by atoms with van der Waals surface area (Å²) in [6.45, 7) is 2.33. The molecule has 1 aliphatic rings. The smallest absolute Gasteiger partial charge is 0.126 e. The number of nitrogens with one attached hydrogen (secondary N) is 1. The fourth-order valence-electron chi connectivity index (χ4n) is 2.76. The van der Waals surface area contributed by atoms with Crippen molar-refractivity contribution in [3.8, 4) is 0 Å². The van der Waals surface area contributed by atoms with Crippen LogP contribution in [0, 0.1) is 5.82 Å². The average Bonchev–Trinajstić information content (AvgIpc) is 3.01. The van der Waals surface area contributed by atoms with Crippen LogP contribution in [-0.4, -0.2) is 34.2 Å².